The largest absolute Gasteiger partial charge is 0.305 e. The summed E-state index contributed by atoms with van der Waals surface area (Å²) in [6.45, 7) is 0. The third kappa shape index (κ3) is 2.45. The molecule has 3 nitrogen and oxygen atoms in total. The lowest BCUT2D eigenvalue weighted by Gasteiger charge is -2.09. The summed E-state index contributed by atoms with van der Waals surface area (Å²) in [6, 6.07) is 23.2. The highest BCUT2D eigenvalue weighted by Gasteiger charge is 2.20. The average Bonchev–Trinajstić information content (AvgIpc) is 3.06. The van der Waals surface area contributed by atoms with Gasteiger partial charge in [-0.3, -0.25) is 4.79 Å². The molecule has 0 atom stereocenters. The molecule has 25 heavy (non-hydrogen) atoms. The van der Waals surface area contributed by atoms with Crippen LogP contribution in [0.4, 0.5) is 0 Å². The van der Waals surface area contributed by atoms with E-state index in [0.29, 0.717) is 22.2 Å². The molecule has 0 aliphatic heterocycles. The van der Waals surface area contributed by atoms with Gasteiger partial charge >= 0.3 is 0 Å². The van der Waals surface area contributed by atoms with Crippen molar-refractivity contribution in [2.24, 2.45) is 0 Å². The van der Waals surface area contributed by atoms with Gasteiger partial charge in [-0.1, -0.05) is 64.5 Å². The van der Waals surface area contributed by atoms with Gasteiger partial charge in [0.15, 0.2) is 0 Å². The van der Waals surface area contributed by atoms with Crippen molar-refractivity contribution in [3.8, 4) is 6.07 Å². The Bertz CT molecular complexity index is 1170. The van der Waals surface area contributed by atoms with Crippen molar-refractivity contribution >= 4 is 38.1 Å². The lowest BCUT2D eigenvalue weighted by atomic mass is 10.0. The van der Waals surface area contributed by atoms with Gasteiger partial charge < -0.3 is 4.40 Å². The summed E-state index contributed by atoms with van der Waals surface area (Å²) in [7, 11) is 0. The third-order valence-electron chi connectivity index (χ3n) is 4.40. The molecule has 0 aliphatic rings. The molecule has 2 aromatic heterocycles. The highest BCUT2D eigenvalue weighted by molar-refractivity contribution is 9.08. The summed E-state index contributed by atoms with van der Waals surface area (Å²) < 4.78 is 1.89. The normalized spacial score (nSPS) is 10.9. The number of rotatable bonds is 3. The molecule has 0 unspecified atom stereocenters. The number of hydrogen-bond donors (Lipinski definition) is 0. The van der Waals surface area contributed by atoms with Crippen LogP contribution in [-0.2, 0) is 5.33 Å². The van der Waals surface area contributed by atoms with E-state index < -0.39 is 0 Å². The zero-order chi connectivity index (χ0) is 17.4. The number of nitriles is 1. The molecular formula is C21H13BrN2O. The maximum atomic E-state index is 13.3. The molecular weight excluding hydrogens is 376 g/mol. The van der Waals surface area contributed by atoms with Crippen molar-refractivity contribution in [2.75, 3.05) is 0 Å². The molecule has 120 valence electrons. The van der Waals surface area contributed by atoms with Gasteiger partial charge in [-0.15, -0.1) is 0 Å². The van der Waals surface area contributed by atoms with Crippen LogP contribution in [0, 0.1) is 11.3 Å². The standard InChI is InChI=1S/C21H13BrN2O/c22-12-15-6-1-3-7-17(15)21(25)20-11-16(13-23)19-10-9-14-5-2-4-8-18(14)24(19)20/h1-11H,12H2. The lowest BCUT2D eigenvalue weighted by molar-refractivity contribution is 0.103. The number of nitrogens with zero attached hydrogens (tertiary/aromatic N) is 2. The van der Waals surface area contributed by atoms with Gasteiger partial charge in [-0.2, -0.15) is 5.26 Å². The first kappa shape index (κ1) is 15.6. The lowest BCUT2D eigenvalue weighted by Crippen LogP contribution is -2.08. The summed E-state index contributed by atoms with van der Waals surface area (Å²) in [5.41, 5.74) is 4.27. The van der Waals surface area contributed by atoms with Crippen molar-refractivity contribution in [3.05, 3.63) is 89.1 Å². The van der Waals surface area contributed by atoms with Crippen LogP contribution in [0.3, 0.4) is 0 Å². The number of fused-ring (bicyclic) bond motifs is 3. The number of aromatic nitrogens is 1. The maximum absolute atomic E-state index is 13.3. The fourth-order valence-corrected chi connectivity index (χ4v) is 3.69. The van der Waals surface area contributed by atoms with Crippen LogP contribution < -0.4 is 0 Å². The zero-order valence-corrected chi connectivity index (χ0v) is 14.8. The Morgan fingerprint density at radius 1 is 1.00 bits per heavy atom. The molecule has 0 radical (unpaired) electrons. The van der Waals surface area contributed by atoms with Crippen molar-refractivity contribution < 1.29 is 4.79 Å². The molecule has 2 aromatic carbocycles. The minimum absolute atomic E-state index is 0.0806. The number of carbonyl (C=O) groups is 1. The fourth-order valence-electron chi connectivity index (χ4n) is 3.20. The molecule has 0 saturated carbocycles. The van der Waals surface area contributed by atoms with Gasteiger partial charge in [-0.25, -0.2) is 0 Å². The van der Waals surface area contributed by atoms with E-state index in [2.05, 4.69) is 22.0 Å². The number of para-hydroxylation sites is 1. The Morgan fingerprint density at radius 3 is 2.56 bits per heavy atom. The Kier molecular flexibility index (Phi) is 3.87. The Morgan fingerprint density at radius 2 is 1.76 bits per heavy atom. The Hall–Kier alpha value is -2.90. The van der Waals surface area contributed by atoms with Gasteiger partial charge in [0.05, 0.1) is 22.3 Å². The molecule has 0 bridgehead atoms. The highest BCUT2D eigenvalue weighted by Crippen LogP contribution is 2.26. The van der Waals surface area contributed by atoms with Gasteiger partial charge in [-0.05, 0) is 29.1 Å². The Labute approximate surface area is 153 Å². The SMILES string of the molecule is N#Cc1cc(C(=O)c2ccccc2CBr)n2c1ccc1ccccc12. The zero-order valence-electron chi connectivity index (χ0n) is 13.2. The minimum Gasteiger partial charge on any atom is -0.305 e. The summed E-state index contributed by atoms with van der Waals surface area (Å²) >= 11 is 3.45. The van der Waals surface area contributed by atoms with Crippen LogP contribution in [0.5, 0.6) is 0 Å². The topological polar surface area (TPSA) is 45.3 Å². The Balaban J connectivity index is 2.06. The number of pyridine rings is 1. The summed E-state index contributed by atoms with van der Waals surface area (Å²) in [4.78, 5) is 13.3. The van der Waals surface area contributed by atoms with Gasteiger partial charge in [0.1, 0.15) is 6.07 Å². The van der Waals surface area contributed by atoms with Crippen LogP contribution in [0.1, 0.15) is 27.2 Å². The number of benzene rings is 2. The molecule has 4 heteroatoms. The second-order valence-electron chi connectivity index (χ2n) is 5.79. The van der Waals surface area contributed by atoms with Gasteiger partial charge in [0, 0.05) is 10.9 Å². The molecule has 4 rings (SSSR count). The quantitative estimate of drug-likeness (QED) is 0.362. The monoisotopic (exact) mass is 388 g/mol. The van der Waals surface area contributed by atoms with Crippen molar-refractivity contribution in [1.29, 1.82) is 5.26 Å². The summed E-state index contributed by atoms with van der Waals surface area (Å²) in [6.07, 6.45) is 0. The van der Waals surface area contributed by atoms with E-state index in [1.165, 1.54) is 0 Å². The first-order valence-corrected chi connectivity index (χ1v) is 8.98. The van der Waals surface area contributed by atoms with Crippen LogP contribution in [0.2, 0.25) is 0 Å². The number of alkyl halides is 1. The van der Waals surface area contributed by atoms with Gasteiger partial charge in [0.2, 0.25) is 5.78 Å². The van der Waals surface area contributed by atoms with Crippen LogP contribution in [0.15, 0.2) is 66.7 Å². The van der Waals surface area contributed by atoms with E-state index in [4.69, 9.17) is 0 Å². The van der Waals surface area contributed by atoms with Crippen molar-refractivity contribution in [3.63, 3.8) is 0 Å². The van der Waals surface area contributed by atoms with Crippen LogP contribution in [0.25, 0.3) is 16.4 Å². The van der Waals surface area contributed by atoms with Crippen molar-refractivity contribution in [1.82, 2.24) is 4.40 Å². The average molecular weight is 389 g/mol. The molecule has 0 amide bonds. The maximum Gasteiger partial charge on any atom is 0.210 e. The molecule has 4 aromatic rings. The second-order valence-corrected chi connectivity index (χ2v) is 6.35. The number of carbonyl (C=O) groups excluding carboxylic acids is 1. The van der Waals surface area contributed by atoms with Crippen LogP contribution >= 0.6 is 15.9 Å². The number of ketones is 1. The first-order valence-electron chi connectivity index (χ1n) is 7.86. The predicted octanol–water partition coefficient (Wildman–Crippen LogP) is 5.09. The molecule has 0 aliphatic carbocycles. The summed E-state index contributed by atoms with van der Waals surface area (Å²) in [5.74, 6) is -0.0806. The van der Waals surface area contributed by atoms with Gasteiger partial charge in [0.25, 0.3) is 0 Å². The number of hydrogen-bond acceptors (Lipinski definition) is 2. The van der Waals surface area contributed by atoms with E-state index in [1.807, 2.05) is 65.1 Å². The smallest absolute Gasteiger partial charge is 0.210 e. The first-order chi connectivity index (χ1) is 12.2. The van der Waals surface area contributed by atoms with E-state index in [1.54, 1.807) is 6.07 Å². The minimum atomic E-state index is -0.0806. The molecule has 0 spiro atoms. The fraction of sp³-hybridized carbons (Fsp3) is 0.0476. The van der Waals surface area contributed by atoms with E-state index >= 15 is 0 Å². The van der Waals surface area contributed by atoms with Crippen molar-refractivity contribution in [2.45, 2.75) is 5.33 Å². The van der Waals surface area contributed by atoms with Crippen LogP contribution in [-0.4, -0.2) is 10.2 Å². The highest BCUT2D eigenvalue weighted by atomic mass is 79.9. The third-order valence-corrected chi connectivity index (χ3v) is 5.00. The molecule has 0 N–H and O–H groups in total. The summed E-state index contributed by atoms with van der Waals surface area (Å²) in [5, 5.41) is 11.1. The molecule has 0 fully saturated rings. The van der Waals surface area contributed by atoms with E-state index in [0.717, 1.165) is 22.0 Å². The molecule has 0 saturated heterocycles. The van der Waals surface area contributed by atoms with E-state index in [9.17, 15) is 10.1 Å². The predicted molar refractivity (Wildman–Crippen MR) is 102 cm³/mol. The molecule has 2 heterocycles. The number of halogens is 1. The second kappa shape index (κ2) is 6.19. The van der Waals surface area contributed by atoms with E-state index in [-0.39, 0.29) is 5.78 Å².